The van der Waals surface area contributed by atoms with Crippen molar-refractivity contribution in [2.45, 2.75) is 52.1 Å². The van der Waals surface area contributed by atoms with Crippen LogP contribution in [0, 0.1) is 0 Å². The number of hydrogen-bond donors (Lipinski definition) is 1. The number of aryl methyl sites for hydroxylation is 2. The van der Waals surface area contributed by atoms with Gasteiger partial charge in [-0.2, -0.15) is 5.10 Å². The van der Waals surface area contributed by atoms with Crippen LogP contribution < -0.4 is 5.32 Å². The summed E-state index contributed by atoms with van der Waals surface area (Å²) in [5.41, 5.74) is 1.84. The van der Waals surface area contributed by atoms with E-state index in [0.717, 1.165) is 37.7 Å². The molecule has 0 radical (unpaired) electrons. The third kappa shape index (κ3) is 3.86. The van der Waals surface area contributed by atoms with Crippen molar-refractivity contribution < 1.29 is 14.3 Å². The summed E-state index contributed by atoms with van der Waals surface area (Å²) in [6, 6.07) is 0. The number of thiophene rings is 1. The van der Waals surface area contributed by atoms with Crippen molar-refractivity contribution in [1.82, 2.24) is 9.78 Å². The van der Waals surface area contributed by atoms with E-state index in [9.17, 15) is 9.59 Å². The number of halogens is 1. The first-order valence-electron chi connectivity index (χ1n) is 8.76. The van der Waals surface area contributed by atoms with E-state index in [4.69, 9.17) is 4.74 Å². The first-order valence-corrected chi connectivity index (χ1v) is 10.4. The SMILES string of the molecule is CCC(C)OC(=O)c1c(NC(=O)c2nn(C)cc2Br)sc2c1CCCC2. The van der Waals surface area contributed by atoms with Gasteiger partial charge in [-0.3, -0.25) is 9.48 Å². The van der Waals surface area contributed by atoms with Crippen molar-refractivity contribution in [2.75, 3.05) is 5.32 Å². The molecule has 0 fully saturated rings. The zero-order valence-electron chi connectivity index (χ0n) is 15.1. The highest BCUT2D eigenvalue weighted by atomic mass is 79.9. The van der Waals surface area contributed by atoms with E-state index < -0.39 is 0 Å². The molecule has 1 aliphatic rings. The second-order valence-electron chi connectivity index (χ2n) is 6.49. The van der Waals surface area contributed by atoms with E-state index in [2.05, 4.69) is 26.3 Å². The largest absolute Gasteiger partial charge is 0.459 e. The summed E-state index contributed by atoms with van der Waals surface area (Å²) in [5.74, 6) is -0.692. The number of esters is 1. The first-order chi connectivity index (χ1) is 12.4. The molecule has 1 aliphatic carbocycles. The van der Waals surface area contributed by atoms with Crippen LogP contribution in [0.5, 0.6) is 0 Å². The minimum atomic E-state index is -0.353. The molecule has 2 heterocycles. The summed E-state index contributed by atoms with van der Waals surface area (Å²) in [7, 11) is 1.75. The Morgan fingerprint density at radius 1 is 1.42 bits per heavy atom. The first kappa shape index (κ1) is 19.1. The number of carbonyl (C=O) groups is 2. The van der Waals surface area contributed by atoms with Crippen LogP contribution in [-0.2, 0) is 24.6 Å². The Labute approximate surface area is 165 Å². The second-order valence-corrected chi connectivity index (χ2v) is 8.45. The molecule has 0 spiro atoms. The van der Waals surface area contributed by atoms with Crippen molar-refractivity contribution in [2.24, 2.45) is 7.05 Å². The number of fused-ring (bicyclic) bond motifs is 1. The Kier molecular flexibility index (Phi) is 5.82. The Hall–Kier alpha value is -1.67. The number of amides is 1. The molecule has 2 aromatic rings. The Morgan fingerprint density at radius 2 is 2.15 bits per heavy atom. The summed E-state index contributed by atoms with van der Waals surface area (Å²) in [6.45, 7) is 3.85. The lowest BCUT2D eigenvalue weighted by Crippen LogP contribution is -2.19. The molecule has 3 rings (SSSR count). The Balaban J connectivity index is 1.93. The number of rotatable bonds is 5. The van der Waals surface area contributed by atoms with E-state index in [0.29, 0.717) is 20.7 Å². The van der Waals surface area contributed by atoms with Crippen LogP contribution in [0.3, 0.4) is 0 Å². The molecule has 0 bridgehead atoms. The highest BCUT2D eigenvalue weighted by Crippen LogP contribution is 2.39. The van der Waals surface area contributed by atoms with E-state index in [1.165, 1.54) is 16.2 Å². The van der Waals surface area contributed by atoms with Gasteiger partial charge in [-0.1, -0.05) is 6.92 Å². The predicted octanol–water partition coefficient (Wildman–Crippen LogP) is 4.33. The quantitative estimate of drug-likeness (QED) is 0.703. The molecule has 0 aliphatic heterocycles. The standard InChI is InChI=1S/C18H22BrN3O3S/c1-4-10(2)25-18(24)14-11-7-5-6-8-13(11)26-17(14)20-16(23)15-12(19)9-22(3)21-15/h9-10H,4-8H2,1-3H3,(H,20,23). The van der Waals surface area contributed by atoms with Crippen molar-refractivity contribution in [3.8, 4) is 0 Å². The molecule has 1 unspecified atom stereocenters. The smallest absolute Gasteiger partial charge is 0.341 e. The summed E-state index contributed by atoms with van der Waals surface area (Å²) in [5, 5.41) is 7.62. The molecule has 0 saturated carbocycles. The summed E-state index contributed by atoms with van der Waals surface area (Å²) in [4.78, 5) is 26.6. The van der Waals surface area contributed by atoms with E-state index in [1.807, 2.05) is 13.8 Å². The molecule has 0 aromatic carbocycles. The van der Waals surface area contributed by atoms with Crippen LogP contribution >= 0.6 is 27.3 Å². The zero-order valence-corrected chi connectivity index (χ0v) is 17.5. The van der Waals surface area contributed by atoms with Crippen LogP contribution in [0.25, 0.3) is 0 Å². The third-order valence-electron chi connectivity index (χ3n) is 4.48. The van der Waals surface area contributed by atoms with E-state index in [1.54, 1.807) is 17.9 Å². The van der Waals surface area contributed by atoms with Gasteiger partial charge in [0.05, 0.1) is 16.1 Å². The van der Waals surface area contributed by atoms with Gasteiger partial charge in [0, 0.05) is 18.1 Å². The number of anilines is 1. The third-order valence-corrected chi connectivity index (χ3v) is 6.27. The lowest BCUT2D eigenvalue weighted by atomic mass is 9.95. The van der Waals surface area contributed by atoms with Gasteiger partial charge in [-0.25, -0.2) is 4.79 Å². The highest BCUT2D eigenvalue weighted by molar-refractivity contribution is 9.10. The minimum absolute atomic E-state index is 0.157. The molecular weight excluding hydrogens is 418 g/mol. The van der Waals surface area contributed by atoms with Crippen LogP contribution in [0.4, 0.5) is 5.00 Å². The van der Waals surface area contributed by atoms with Crippen molar-refractivity contribution in [3.05, 3.63) is 32.4 Å². The summed E-state index contributed by atoms with van der Waals surface area (Å²) < 4.78 is 7.73. The average molecular weight is 440 g/mol. The molecule has 0 saturated heterocycles. The molecule has 140 valence electrons. The number of ether oxygens (including phenoxy) is 1. The molecule has 1 atom stereocenters. The highest BCUT2D eigenvalue weighted by Gasteiger charge is 2.29. The fourth-order valence-electron chi connectivity index (χ4n) is 2.97. The number of nitrogens with zero attached hydrogens (tertiary/aromatic N) is 2. The number of hydrogen-bond acceptors (Lipinski definition) is 5. The lowest BCUT2D eigenvalue weighted by Gasteiger charge is -2.15. The number of nitrogens with one attached hydrogen (secondary N) is 1. The maximum Gasteiger partial charge on any atom is 0.341 e. The summed E-state index contributed by atoms with van der Waals surface area (Å²) in [6.07, 6.45) is 6.24. The Morgan fingerprint density at radius 3 is 2.81 bits per heavy atom. The molecule has 26 heavy (non-hydrogen) atoms. The van der Waals surface area contributed by atoms with Gasteiger partial charge in [0.2, 0.25) is 0 Å². The van der Waals surface area contributed by atoms with Crippen molar-refractivity contribution in [3.63, 3.8) is 0 Å². The van der Waals surface area contributed by atoms with Gasteiger partial charge >= 0.3 is 5.97 Å². The van der Waals surface area contributed by atoms with Crippen molar-refractivity contribution >= 4 is 44.1 Å². The molecule has 1 N–H and O–H groups in total. The summed E-state index contributed by atoms with van der Waals surface area (Å²) >= 11 is 4.82. The van der Waals surface area contributed by atoms with Crippen LogP contribution in [0.2, 0.25) is 0 Å². The van der Waals surface area contributed by atoms with Gasteiger partial charge in [0.25, 0.3) is 5.91 Å². The number of carbonyl (C=O) groups excluding carboxylic acids is 2. The van der Waals surface area contributed by atoms with Crippen LogP contribution in [0.15, 0.2) is 10.7 Å². The van der Waals surface area contributed by atoms with E-state index >= 15 is 0 Å². The van der Waals surface area contributed by atoms with Crippen molar-refractivity contribution in [1.29, 1.82) is 0 Å². The van der Waals surface area contributed by atoms with Gasteiger partial charge < -0.3 is 10.1 Å². The normalized spacial score (nSPS) is 14.6. The van der Waals surface area contributed by atoms with Crippen LogP contribution in [-0.4, -0.2) is 27.8 Å². The molecule has 8 heteroatoms. The molecule has 1 amide bonds. The monoisotopic (exact) mass is 439 g/mol. The van der Waals surface area contributed by atoms with Gasteiger partial charge in [-0.15, -0.1) is 11.3 Å². The molecule has 2 aromatic heterocycles. The zero-order chi connectivity index (χ0) is 18.8. The topological polar surface area (TPSA) is 73.2 Å². The fourth-order valence-corrected chi connectivity index (χ4v) is 4.80. The minimum Gasteiger partial charge on any atom is -0.459 e. The molecular formula is C18H22BrN3O3S. The lowest BCUT2D eigenvalue weighted by molar-refractivity contribution is 0.0335. The average Bonchev–Trinajstić information content (AvgIpc) is 3.13. The second kappa shape index (κ2) is 7.92. The van der Waals surface area contributed by atoms with Gasteiger partial charge in [0.15, 0.2) is 5.69 Å². The van der Waals surface area contributed by atoms with Crippen LogP contribution in [0.1, 0.15) is 64.4 Å². The maximum atomic E-state index is 12.8. The molecule has 6 nitrogen and oxygen atoms in total. The van der Waals surface area contributed by atoms with Gasteiger partial charge in [-0.05, 0) is 60.5 Å². The maximum absolute atomic E-state index is 12.8. The van der Waals surface area contributed by atoms with Gasteiger partial charge in [0.1, 0.15) is 5.00 Å². The predicted molar refractivity (Wildman–Crippen MR) is 105 cm³/mol. The Bertz CT molecular complexity index is 843. The van der Waals surface area contributed by atoms with E-state index in [-0.39, 0.29) is 18.0 Å². The fraction of sp³-hybridized carbons (Fsp3) is 0.500. The number of aromatic nitrogens is 2.